The fourth-order valence-corrected chi connectivity index (χ4v) is 1.71. The molecule has 0 bridgehead atoms. The highest BCUT2D eigenvalue weighted by atomic mass is 35.5. The van der Waals surface area contributed by atoms with Crippen LogP contribution in [0.1, 0.15) is 18.4 Å². The minimum Gasteiger partial charge on any atom is -0.504 e. The van der Waals surface area contributed by atoms with Gasteiger partial charge in [-0.05, 0) is 24.5 Å². The second-order valence-electron chi connectivity index (χ2n) is 3.96. The van der Waals surface area contributed by atoms with E-state index < -0.39 is 22.9 Å². The van der Waals surface area contributed by atoms with Crippen molar-refractivity contribution in [3.05, 3.63) is 35.0 Å². The first-order valence-electron chi connectivity index (χ1n) is 4.79. The van der Waals surface area contributed by atoms with Crippen LogP contribution in [0.15, 0.2) is 12.1 Å². The number of primary amides is 1. The Morgan fingerprint density at radius 3 is 2.69 bits per heavy atom. The lowest BCUT2D eigenvalue weighted by Crippen LogP contribution is -2.25. The average Bonchev–Trinajstić information content (AvgIpc) is 3.00. The molecule has 0 aromatic heterocycles. The quantitative estimate of drug-likeness (QED) is 0.852. The molecule has 0 saturated heterocycles. The van der Waals surface area contributed by atoms with Gasteiger partial charge in [-0.2, -0.15) is 0 Å². The molecule has 0 unspecified atom stereocenters. The second-order valence-corrected chi connectivity index (χ2v) is 4.37. The number of carbonyl (C=O) groups excluding carboxylic acids is 1. The SMILES string of the molecule is NC(=O)C1([CH]c2ccc(Cl)c(O)c2F)CC1. The number of rotatable bonds is 3. The van der Waals surface area contributed by atoms with Crippen molar-refractivity contribution in [1.29, 1.82) is 0 Å². The van der Waals surface area contributed by atoms with Crippen molar-refractivity contribution in [3.8, 4) is 5.75 Å². The molecule has 1 aromatic rings. The Bertz CT molecular complexity index is 458. The van der Waals surface area contributed by atoms with Crippen LogP contribution in [0.2, 0.25) is 5.02 Å². The summed E-state index contributed by atoms with van der Waals surface area (Å²) >= 11 is 5.54. The Morgan fingerprint density at radius 2 is 2.19 bits per heavy atom. The van der Waals surface area contributed by atoms with Gasteiger partial charge in [-0.15, -0.1) is 0 Å². The Morgan fingerprint density at radius 1 is 1.56 bits per heavy atom. The lowest BCUT2D eigenvalue weighted by molar-refractivity contribution is -0.121. The third-order valence-corrected chi connectivity index (χ3v) is 3.11. The van der Waals surface area contributed by atoms with E-state index in [2.05, 4.69) is 0 Å². The highest BCUT2D eigenvalue weighted by Crippen LogP contribution is 2.50. The highest BCUT2D eigenvalue weighted by Gasteiger charge is 2.49. The van der Waals surface area contributed by atoms with E-state index in [0.29, 0.717) is 12.8 Å². The molecule has 85 valence electrons. The molecule has 0 atom stereocenters. The van der Waals surface area contributed by atoms with Gasteiger partial charge >= 0.3 is 0 Å². The van der Waals surface area contributed by atoms with Crippen LogP contribution >= 0.6 is 11.6 Å². The second kappa shape index (κ2) is 3.63. The molecule has 0 heterocycles. The van der Waals surface area contributed by atoms with E-state index in [-0.39, 0.29) is 10.6 Å². The van der Waals surface area contributed by atoms with Gasteiger partial charge in [-0.25, -0.2) is 4.39 Å². The van der Waals surface area contributed by atoms with Crippen LogP contribution in [-0.2, 0) is 4.79 Å². The number of amides is 1. The van der Waals surface area contributed by atoms with Crippen LogP contribution in [-0.4, -0.2) is 11.0 Å². The van der Waals surface area contributed by atoms with Crippen molar-refractivity contribution in [3.63, 3.8) is 0 Å². The molecule has 0 aliphatic heterocycles. The van der Waals surface area contributed by atoms with Crippen molar-refractivity contribution in [2.24, 2.45) is 11.1 Å². The van der Waals surface area contributed by atoms with Gasteiger partial charge < -0.3 is 10.8 Å². The molecule has 1 aliphatic carbocycles. The monoisotopic (exact) mass is 242 g/mol. The maximum absolute atomic E-state index is 13.6. The maximum Gasteiger partial charge on any atom is 0.224 e. The zero-order valence-electron chi connectivity index (χ0n) is 8.34. The van der Waals surface area contributed by atoms with Crippen molar-refractivity contribution < 1.29 is 14.3 Å². The first-order chi connectivity index (χ1) is 7.46. The first kappa shape index (κ1) is 11.2. The normalized spacial score (nSPS) is 17.1. The van der Waals surface area contributed by atoms with Crippen molar-refractivity contribution in [2.75, 3.05) is 0 Å². The summed E-state index contributed by atoms with van der Waals surface area (Å²) in [6.07, 6.45) is 2.69. The van der Waals surface area contributed by atoms with Crippen molar-refractivity contribution in [2.45, 2.75) is 12.8 Å². The van der Waals surface area contributed by atoms with Crippen LogP contribution < -0.4 is 5.73 Å². The lowest BCUT2D eigenvalue weighted by Gasteiger charge is -2.11. The van der Waals surface area contributed by atoms with Gasteiger partial charge in [-0.3, -0.25) is 4.79 Å². The molecular formula is C11H10ClFNO2. The van der Waals surface area contributed by atoms with E-state index in [1.807, 2.05) is 0 Å². The van der Waals surface area contributed by atoms with Gasteiger partial charge in [0.05, 0.1) is 10.4 Å². The van der Waals surface area contributed by atoms with E-state index in [1.54, 1.807) is 0 Å². The largest absolute Gasteiger partial charge is 0.504 e. The van der Waals surface area contributed by atoms with E-state index in [1.165, 1.54) is 18.6 Å². The zero-order chi connectivity index (χ0) is 11.9. The third-order valence-electron chi connectivity index (χ3n) is 2.81. The minimum atomic E-state index is -0.819. The number of carbonyl (C=O) groups is 1. The Kier molecular flexibility index (Phi) is 2.54. The van der Waals surface area contributed by atoms with Gasteiger partial charge in [0.1, 0.15) is 0 Å². The van der Waals surface area contributed by atoms with E-state index >= 15 is 0 Å². The molecule has 3 nitrogen and oxygen atoms in total. The summed E-state index contributed by atoms with van der Waals surface area (Å²) in [4.78, 5) is 11.1. The Hall–Kier alpha value is -1.29. The molecule has 3 N–H and O–H groups in total. The molecule has 1 amide bonds. The fourth-order valence-electron chi connectivity index (χ4n) is 1.56. The Labute approximate surface area is 97.0 Å². The third kappa shape index (κ3) is 1.73. The fraction of sp³-hybridized carbons (Fsp3) is 0.273. The predicted octanol–water partition coefficient (Wildman–Crippen LogP) is 2.00. The molecule has 0 spiro atoms. The number of phenols is 1. The number of nitrogens with two attached hydrogens (primary N) is 1. The summed E-state index contributed by atoms with van der Waals surface area (Å²) in [5.41, 5.74) is 4.62. The number of halogens is 2. The molecule has 1 aromatic carbocycles. The summed E-state index contributed by atoms with van der Waals surface area (Å²) < 4.78 is 13.6. The maximum atomic E-state index is 13.6. The molecular weight excluding hydrogens is 233 g/mol. The van der Waals surface area contributed by atoms with Gasteiger partial charge in [0, 0.05) is 6.42 Å². The molecule has 1 aliphatic rings. The van der Waals surface area contributed by atoms with Crippen LogP contribution in [0.5, 0.6) is 5.75 Å². The summed E-state index contributed by atoms with van der Waals surface area (Å²) in [5, 5.41) is 9.24. The summed E-state index contributed by atoms with van der Waals surface area (Å²) in [6, 6.07) is 2.79. The summed E-state index contributed by atoms with van der Waals surface area (Å²) in [7, 11) is 0. The van der Waals surface area contributed by atoms with Gasteiger partial charge in [0.15, 0.2) is 11.6 Å². The highest BCUT2D eigenvalue weighted by molar-refractivity contribution is 6.32. The summed E-state index contributed by atoms with van der Waals surface area (Å²) in [5.74, 6) is -1.89. The molecule has 2 rings (SSSR count). The number of hydrogen-bond donors (Lipinski definition) is 2. The van der Waals surface area contributed by atoms with Crippen molar-refractivity contribution in [1.82, 2.24) is 0 Å². The van der Waals surface area contributed by atoms with Gasteiger partial charge in [0.25, 0.3) is 0 Å². The Balaban J connectivity index is 2.30. The van der Waals surface area contributed by atoms with E-state index in [9.17, 15) is 14.3 Å². The molecule has 16 heavy (non-hydrogen) atoms. The molecule has 1 fully saturated rings. The molecule has 1 radical (unpaired) electrons. The minimum absolute atomic E-state index is 0.0569. The number of phenolic OH excluding ortho intramolecular Hbond substituents is 1. The average molecular weight is 243 g/mol. The number of hydrogen-bond acceptors (Lipinski definition) is 2. The van der Waals surface area contributed by atoms with E-state index in [4.69, 9.17) is 17.3 Å². The summed E-state index contributed by atoms with van der Waals surface area (Å²) in [6.45, 7) is 0. The molecule has 1 saturated carbocycles. The van der Waals surface area contributed by atoms with Crippen molar-refractivity contribution >= 4 is 17.5 Å². The van der Waals surface area contributed by atoms with Gasteiger partial charge in [-0.1, -0.05) is 17.7 Å². The number of aromatic hydroxyl groups is 1. The lowest BCUT2D eigenvalue weighted by atomic mass is 9.95. The zero-order valence-corrected chi connectivity index (χ0v) is 9.09. The topological polar surface area (TPSA) is 63.3 Å². The van der Waals surface area contributed by atoms with Gasteiger partial charge in [0.2, 0.25) is 5.91 Å². The predicted molar refractivity (Wildman–Crippen MR) is 57.3 cm³/mol. The van der Waals surface area contributed by atoms with E-state index in [0.717, 1.165) is 0 Å². The first-order valence-corrected chi connectivity index (χ1v) is 5.17. The standard InChI is InChI=1S/C11H10ClFNO2/c12-7-2-1-6(8(13)9(7)15)5-11(3-4-11)10(14)16/h1-2,5,15H,3-4H2,(H2,14,16). The molecule has 5 heteroatoms. The van der Waals surface area contributed by atoms with Crippen LogP contribution in [0, 0.1) is 17.7 Å². The number of benzene rings is 1. The van der Waals surface area contributed by atoms with Crippen LogP contribution in [0.4, 0.5) is 4.39 Å². The smallest absolute Gasteiger partial charge is 0.224 e. The van der Waals surface area contributed by atoms with Crippen LogP contribution in [0.25, 0.3) is 0 Å². The van der Waals surface area contributed by atoms with Crippen LogP contribution in [0.3, 0.4) is 0 Å².